The van der Waals surface area contributed by atoms with E-state index in [0.717, 1.165) is 18.0 Å². The Kier molecular flexibility index (Phi) is 5.52. The van der Waals surface area contributed by atoms with Crippen LogP contribution in [0, 0.1) is 0 Å². The summed E-state index contributed by atoms with van der Waals surface area (Å²) in [7, 11) is 0. The summed E-state index contributed by atoms with van der Waals surface area (Å²) in [6.07, 6.45) is 1.14. The lowest BCUT2D eigenvalue weighted by molar-refractivity contribution is 0.802. The Hall–Kier alpha value is -0.370. The molecule has 0 heterocycles. The first-order valence-corrected chi connectivity index (χ1v) is 3.89. The fourth-order valence-electron chi connectivity index (χ4n) is 0.407. The summed E-state index contributed by atoms with van der Waals surface area (Å²) in [6.45, 7) is 10.5. The third kappa shape index (κ3) is 5.50. The first-order chi connectivity index (χ1) is 4.31. The predicted molar refractivity (Wildman–Crippen MR) is 45.2 cm³/mol. The van der Waals surface area contributed by atoms with Crippen LogP contribution in [0.4, 0.5) is 0 Å². The maximum Gasteiger partial charge on any atom is 0.0650 e. The molecule has 52 valence electrons. The van der Waals surface area contributed by atoms with Gasteiger partial charge in [0.1, 0.15) is 0 Å². The second kappa shape index (κ2) is 5.76. The molecule has 0 aromatic carbocycles. The number of nitrogens with one attached hydrogen (secondary N) is 1. The molecular formula is C7H13NS. The summed E-state index contributed by atoms with van der Waals surface area (Å²) in [5, 5.41) is 5.88. The van der Waals surface area contributed by atoms with Gasteiger partial charge in [-0.15, -0.1) is 0 Å². The van der Waals surface area contributed by atoms with Gasteiger partial charge < -0.3 is 5.32 Å². The highest BCUT2D eigenvalue weighted by Crippen LogP contribution is 2.08. The second-order valence-electron chi connectivity index (χ2n) is 1.63. The van der Waals surface area contributed by atoms with Crippen LogP contribution >= 0.6 is 11.8 Å². The van der Waals surface area contributed by atoms with Gasteiger partial charge in [-0.1, -0.05) is 31.8 Å². The van der Waals surface area contributed by atoms with Crippen LogP contribution in [0.15, 0.2) is 23.6 Å². The van der Waals surface area contributed by atoms with Crippen molar-refractivity contribution in [1.29, 1.82) is 0 Å². The van der Waals surface area contributed by atoms with E-state index >= 15 is 0 Å². The van der Waals surface area contributed by atoms with Crippen LogP contribution in [0.3, 0.4) is 0 Å². The van der Waals surface area contributed by atoms with Gasteiger partial charge >= 0.3 is 0 Å². The smallest absolute Gasteiger partial charge is 0.0650 e. The molecule has 0 aromatic rings. The largest absolute Gasteiger partial charge is 0.380 e. The van der Waals surface area contributed by atoms with E-state index < -0.39 is 0 Å². The van der Waals surface area contributed by atoms with E-state index in [-0.39, 0.29) is 0 Å². The fraction of sp³-hybridized carbons (Fsp3) is 0.429. The number of rotatable bonds is 5. The Morgan fingerprint density at radius 1 is 1.78 bits per heavy atom. The van der Waals surface area contributed by atoms with Gasteiger partial charge in [-0.25, -0.2) is 0 Å². The first-order valence-electron chi connectivity index (χ1n) is 3.01. The predicted octanol–water partition coefficient (Wildman–Crippen LogP) is 2.33. The second-order valence-corrected chi connectivity index (χ2v) is 2.70. The highest BCUT2D eigenvalue weighted by atomic mass is 32.2. The molecule has 0 aliphatic rings. The van der Waals surface area contributed by atoms with Crippen molar-refractivity contribution in [3.8, 4) is 0 Å². The minimum absolute atomic E-state index is 0.979. The molecule has 2 heteroatoms. The van der Waals surface area contributed by atoms with Gasteiger partial charge in [-0.2, -0.15) is 0 Å². The summed E-state index contributed by atoms with van der Waals surface area (Å²) in [5.74, 6) is 0. The van der Waals surface area contributed by atoms with Crippen LogP contribution < -0.4 is 5.32 Å². The molecule has 0 bridgehead atoms. The average Bonchev–Trinajstić information content (AvgIpc) is 1.85. The lowest BCUT2D eigenvalue weighted by Gasteiger charge is -2.02. The molecule has 0 fully saturated rings. The lowest BCUT2D eigenvalue weighted by Crippen LogP contribution is -2.09. The maximum atomic E-state index is 3.76. The molecule has 0 saturated carbocycles. The molecule has 0 radical (unpaired) electrons. The van der Waals surface area contributed by atoms with Gasteiger partial charge in [0.15, 0.2) is 0 Å². The van der Waals surface area contributed by atoms with Gasteiger partial charge in [-0.05, 0) is 11.8 Å². The minimum atomic E-state index is 0.979. The Morgan fingerprint density at radius 2 is 2.44 bits per heavy atom. The van der Waals surface area contributed by atoms with Crippen LogP contribution in [-0.2, 0) is 0 Å². The van der Waals surface area contributed by atoms with Crippen molar-refractivity contribution in [3.63, 3.8) is 0 Å². The summed E-state index contributed by atoms with van der Waals surface area (Å²) >= 11 is 1.53. The highest BCUT2D eigenvalue weighted by molar-refractivity contribution is 8.05. The van der Waals surface area contributed by atoms with Crippen molar-refractivity contribution in [3.05, 3.63) is 23.6 Å². The van der Waals surface area contributed by atoms with E-state index in [0.29, 0.717) is 0 Å². The molecular weight excluding hydrogens is 130 g/mol. The van der Waals surface area contributed by atoms with E-state index in [1.807, 2.05) is 0 Å². The lowest BCUT2D eigenvalue weighted by atomic mass is 10.5. The molecule has 0 atom stereocenters. The molecule has 9 heavy (non-hydrogen) atoms. The molecule has 0 amide bonds. The van der Waals surface area contributed by atoms with Crippen molar-refractivity contribution in [2.24, 2.45) is 0 Å². The van der Waals surface area contributed by atoms with Gasteiger partial charge in [0.05, 0.1) is 5.03 Å². The zero-order valence-corrected chi connectivity index (χ0v) is 6.63. The van der Waals surface area contributed by atoms with Crippen molar-refractivity contribution >= 4 is 11.8 Å². The third-order valence-electron chi connectivity index (χ3n) is 0.798. The zero-order valence-electron chi connectivity index (χ0n) is 5.81. The average molecular weight is 143 g/mol. The van der Waals surface area contributed by atoms with Crippen molar-refractivity contribution in [2.45, 2.75) is 13.3 Å². The van der Waals surface area contributed by atoms with Crippen molar-refractivity contribution in [2.75, 3.05) is 6.54 Å². The molecule has 0 aromatic heterocycles. The van der Waals surface area contributed by atoms with Crippen molar-refractivity contribution < 1.29 is 0 Å². The molecule has 0 saturated heterocycles. The van der Waals surface area contributed by atoms with Gasteiger partial charge in [0.2, 0.25) is 0 Å². The first kappa shape index (κ1) is 8.63. The topological polar surface area (TPSA) is 12.0 Å². The Bertz CT molecular complexity index is 99.1. The monoisotopic (exact) mass is 143 g/mol. The minimum Gasteiger partial charge on any atom is -0.380 e. The Morgan fingerprint density at radius 3 is 2.89 bits per heavy atom. The van der Waals surface area contributed by atoms with Crippen molar-refractivity contribution in [1.82, 2.24) is 5.32 Å². The third-order valence-corrected chi connectivity index (χ3v) is 1.39. The normalized spacial score (nSPS) is 8.56. The SMILES string of the molecule is C=CSC(=C)NCCC. The van der Waals surface area contributed by atoms with E-state index in [2.05, 4.69) is 25.4 Å². The summed E-state index contributed by atoms with van der Waals surface area (Å²) in [6, 6.07) is 0. The van der Waals surface area contributed by atoms with E-state index in [1.165, 1.54) is 11.8 Å². The maximum absolute atomic E-state index is 3.76. The van der Waals surface area contributed by atoms with Gasteiger partial charge in [0, 0.05) is 6.54 Å². The highest BCUT2D eigenvalue weighted by Gasteiger charge is 1.85. The van der Waals surface area contributed by atoms with Gasteiger partial charge in [-0.3, -0.25) is 0 Å². The number of hydrogen-bond donors (Lipinski definition) is 1. The number of thioether (sulfide) groups is 1. The van der Waals surface area contributed by atoms with Gasteiger partial charge in [0.25, 0.3) is 0 Å². The van der Waals surface area contributed by atoms with Crippen LogP contribution in [0.25, 0.3) is 0 Å². The Balaban J connectivity index is 3.16. The van der Waals surface area contributed by atoms with Crippen LogP contribution in [0.2, 0.25) is 0 Å². The number of hydrogen-bond acceptors (Lipinski definition) is 2. The molecule has 0 spiro atoms. The Labute approximate surface area is 61.2 Å². The summed E-state index contributed by atoms with van der Waals surface area (Å²) in [5.41, 5.74) is 0. The van der Waals surface area contributed by atoms with Crippen LogP contribution in [0.1, 0.15) is 13.3 Å². The molecule has 0 rings (SSSR count). The van der Waals surface area contributed by atoms with E-state index in [9.17, 15) is 0 Å². The summed E-state index contributed by atoms with van der Waals surface area (Å²) < 4.78 is 0. The zero-order chi connectivity index (χ0) is 7.11. The van der Waals surface area contributed by atoms with E-state index in [1.54, 1.807) is 5.41 Å². The quantitative estimate of drug-likeness (QED) is 0.634. The fourth-order valence-corrected chi connectivity index (χ4v) is 0.793. The van der Waals surface area contributed by atoms with E-state index in [4.69, 9.17) is 0 Å². The standard InChI is InChI=1S/C7H13NS/c1-4-6-8-7(3)9-5-2/h5,8H,2-4,6H2,1H3. The molecule has 0 aliphatic heterocycles. The molecule has 1 N–H and O–H groups in total. The summed E-state index contributed by atoms with van der Waals surface area (Å²) in [4.78, 5) is 0. The molecule has 0 unspecified atom stereocenters. The van der Waals surface area contributed by atoms with Crippen LogP contribution in [0.5, 0.6) is 0 Å². The molecule has 1 nitrogen and oxygen atoms in total. The van der Waals surface area contributed by atoms with Crippen LogP contribution in [-0.4, -0.2) is 6.54 Å². The molecule has 0 aliphatic carbocycles.